The van der Waals surface area contributed by atoms with E-state index in [1.54, 1.807) is 0 Å². The number of ether oxygens (including phenoxy) is 3. The van der Waals surface area contributed by atoms with Gasteiger partial charge in [-0.05, 0) is 17.4 Å². The van der Waals surface area contributed by atoms with Crippen molar-refractivity contribution in [2.45, 2.75) is 49.4 Å². The van der Waals surface area contributed by atoms with E-state index in [-0.39, 0.29) is 38.0 Å². The Kier molecular flexibility index (Phi) is 10.8. The lowest BCUT2D eigenvalue weighted by Crippen LogP contribution is -2.64. The van der Waals surface area contributed by atoms with Gasteiger partial charge in [0.25, 0.3) is 0 Å². The third-order valence-corrected chi connectivity index (χ3v) is 6.41. The summed E-state index contributed by atoms with van der Waals surface area (Å²) in [6, 6.07) is 18.9. The number of amides is 1. The van der Waals surface area contributed by atoms with E-state index in [9.17, 15) is 9.90 Å². The monoisotopic (exact) mass is 502 g/mol. The summed E-state index contributed by atoms with van der Waals surface area (Å²) in [6.07, 6.45) is -0.357. The molecule has 2 aromatic carbocycles. The minimum Gasteiger partial charge on any atom is -0.388 e. The van der Waals surface area contributed by atoms with E-state index in [0.29, 0.717) is 6.61 Å². The highest BCUT2D eigenvalue weighted by Gasteiger charge is 2.46. The van der Waals surface area contributed by atoms with Gasteiger partial charge in [0.15, 0.2) is 5.96 Å². The van der Waals surface area contributed by atoms with Gasteiger partial charge in [-0.1, -0.05) is 60.7 Å². The van der Waals surface area contributed by atoms with Crippen LogP contribution in [0.15, 0.2) is 65.7 Å². The van der Waals surface area contributed by atoms with Crippen molar-refractivity contribution in [2.75, 3.05) is 19.4 Å². The number of aliphatic imine (C=N–C) groups is 1. The summed E-state index contributed by atoms with van der Waals surface area (Å²) >= 11 is 1.43. The van der Waals surface area contributed by atoms with Crippen LogP contribution in [0.25, 0.3) is 0 Å². The van der Waals surface area contributed by atoms with Crippen LogP contribution in [0.1, 0.15) is 17.5 Å². The van der Waals surface area contributed by atoms with Crippen molar-refractivity contribution in [3.05, 3.63) is 71.8 Å². The van der Waals surface area contributed by atoms with E-state index < -0.39 is 29.8 Å². The average molecular weight is 503 g/mol. The van der Waals surface area contributed by atoms with Crippen LogP contribution in [-0.4, -0.2) is 66.2 Å². The Morgan fingerprint density at radius 1 is 1.09 bits per heavy atom. The van der Waals surface area contributed by atoms with E-state index in [1.807, 2.05) is 66.9 Å². The number of aliphatic hydroxyl groups is 1. The first-order valence-corrected chi connectivity index (χ1v) is 12.7. The van der Waals surface area contributed by atoms with Crippen molar-refractivity contribution in [1.82, 2.24) is 5.32 Å². The summed E-state index contributed by atoms with van der Waals surface area (Å²) in [7, 11) is 0. The van der Waals surface area contributed by atoms with Crippen molar-refractivity contribution >= 4 is 23.6 Å². The van der Waals surface area contributed by atoms with Gasteiger partial charge in [0, 0.05) is 6.42 Å². The molecule has 0 saturated carbocycles. The standard InChI is InChI=1S/C25H34N4O5S/c1-35-24-21(29-20(30)12-13-28-25(26)27)23(33-15-18-10-6-3-7-11-18)22(31)19(34-24)16-32-14-17-8-4-2-5-9-17/h2-11,19,21-24,31H,12-16H2,1H3,(H,29,30)(H4,26,27,28)/t19-,21-,22-,23-,24?/m1/s1. The lowest BCUT2D eigenvalue weighted by Gasteiger charge is -2.44. The fourth-order valence-electron chi connectivity index (χ4n) is 3.79. The Morgan fingerprint density at radius 3 is 2.31 bits per heavy atom. The first kappa shape index (κ1) is 27.0. The average Bonchev–Trinajstić information content (AvgIpc) is 2.86. The molecule has 2 aromatic rings. The molecular formula is C25H34N4O5S. The van der Waals surface area contributed by atoms with Crippen molar-refractivity contribution < 1.29 is 24.1 Å². The molecule has 1 heterocycles. The lowest BCUT2D eigenvalue weighted by molar-refractivity contribution is -0.196. The van der Waals surface area contributed by atoms with Crippen molar-refractivity contribution in [3.63, 3.8) is 0 Å². The molecule has 1 unspecified atom stereocenters. The smallest absolute Gasteiger partial charge is 0.222 e. The lowest BCUT2D eigenvalue weighted by atomic mass is 9.97. The first-order chi connectivity index (χ1) is 17.0. The fraction of sp³-hybridized carbons (Fsp3) is 0.440. The van der Waals surface area contributed by atoms with Crippen LogP contribution in [0.4, 0.5) is 0 Å². The predicted octanol–water partition coefficient (Wildman–Crippen LogP) is 1.39. The summed E-state index contributed by atoms with van der Waals surface area (Å²) in [5.41, 5.74) is 12.2. The topological polar surface area (TPSA) is 141 Å². The number of nitrogens with two attached hydrogens (primary N) is 2. The zero-order valence-electron chi connectivity index (χ0n) is 19.8. The Morgan fingerprint density at radius 2 is 1.71 bits per heavy atom. The van der Waals surface area contributed by atoms with Gasteiger partial charge in [-0.15, -0.1) is 11.8 Å². The van der Waals surface area contributed by atoms with E-state index in [2.05, 4.69) is 10.3 Å². The predicted molar refractivity (Wildman–Crippen MR) is 137 cm³/mol. The Hall–Kier alpha value is -2.63. The second-order valence-corrected chi connectivity index (χ2v) is 9.12. The summed E-state index contributed by atoms with van der Waals surface area (Å²) in [5, 5.41) is 14.2. The highest BCUT2D eigenvalue weighted by Crippen LogP contribution is 2.30. The quantitative estimate of drug-likeness (QED) is 0.252. The van der Waals surface area contributed by atoms with Crippen molar-refractivity contribution in [2.24, 2.45) is 16.5 Å². The van der Waals surface area contributed by atoms with Gasteiger partial charge in [-0.3, -0.25) is 9.79 Å². The Balaban J connectivity index is 1.69. The zero-order chi connectivity index (χ0) is 25.0. The molecule has 6 N–H and O–H groups in total. The second kappa shape index (κ2) is 14.1. The van der Waals surface area contributed by atoms with Crippen LogP contribution < -0.4 is 16.8 Å². The number of guanidine groups is 1. The zero-order valence-corrected chi connectivity index (χ0v) is 20.6. The molecule has 1 saturated heterocycles. The molecule has 1 amide bonds. The van der Waals surface area contributed by atoms with E-state index in [1.165, 1.54) is 11.8 Å². The highest BCUT2D eigenvalue weighted by atomic mass is 32.2. The van der Waals surface area contributed by atoms with Crippen LogP contribution in [0.3, 0.4) is 0 Å². The van der Waals surface area contributed by atoms with Crippen LogP contribution in [-0.2, 0) is 32.2 Å². The number of thioether (sulfide) groups is 1. The number of nitrogens with zero attached hydrogens (tertiary/aromatic N) is 1. The highest BCUT2D eigenvalue weighted by molar-refractivity contribution is 7.99. The molecule has 1 fully saturated rings. The number of hydrogen-bond acceptors (Lipinski definition) is 7. The summed E-state index contributed by atoms with van der Waals surface area (Å²) in [6.45, 7) is 1.03. The van der Waals surface area contributed by atoms with Crippen LogP contribution in [0.5, 0.6) is 0 Å². The van der Waals surface area contributed by atoms with Crippen molar-refractivity contribution in [3.8, 4) is 0 Å². The minimum absolute atomic E-state index is 0.0707. The third kappa shape index (κ3) is 8.52. The first-order valence-electron chi connectivity index (χ1n) is 11.5. The molecule has 5 atom stereocenters. The molecule has 10 heteroatoms. The molecular weight excluding hydrogens is 468 g/mol. The van der Waals surface area contributed by atoms with Gasteiger partial charge in [-0.25, -0.2) is 0 Å². The molecule has 1 aliphatic rings. The van der Waals surface area contributed by atoms with Crippen LogP contribution in [0.2, 0.25) is 0 Å². The number of carbonyl (C=O) groups is 1. The molecule has 1 aliphatic heterocycles. The molecule has 35 heavy (non-hydrogen) atoms. The third-order valence-electron chi connectivity index (χ3n) is 5.55. The Labute approximate surface area is 210 Å². The van der Waals surface area contributed by atoms with Crippen molar-refractivity contribution in [1.29, 1.82) is 0 Å². The van der Waals surface area contributed by atoms with Crippen LogP contribution >= 0.6 is 11.8 Å². The van der Waals surface area contributed by atoms with Gasteiger partial charge in [0.2, 0.25) is 5.91 Å². The van der Waals surface area contributed by atoms with Crippen LogP contribution in [0, 0.1) is 0 Å². The molecule has 9 nitrogen and oxygen atoms in total. The summed E-state index contributed by atoms with van der Waals surface area (Å²) in [4.78, 5) is 16.5. The van der Waals surface area contributed by atoms with E-state index >= 15 is 0 Å². The SMILES string of the molecule is CSC1O[C@H](COCc2ccccc2)[C@@H](O)[C@H](OCc2ccccc2)[C@H]1NC(=O)CCN=C(N)N. The van der Waals surface area contributed by atoms with Gasteiger partial charge >= 0.3 is 0 Å². The molecule has 3 rings (SSSR count). The fourth-order valence-corrected chi connectivity index (χ4v) is 4.56. The van der Waals surface area contributed by atoms with E-state index in [0.717, 1.165) is 11.1 Å². The van der Waals surface area contributed by atoms with Gasteiger partial charge < -0.3 is 36.1 Å². The Bertz CT molecular complexity index is 930. The number of aliphatic hydroxyl groups excluding tert-OH is 1. The molecule has 0 aliphatic carbocycles. The van der Waals surface area contributed by atoms with Gasteiger partial charge in [-0.2, -0.15) is 0 Å². The summed E-state index contributed by atoms with van der Waals surface area (Å²) in [5.74, 6) is -0.333. The number of nitrogens with one attached hydrogen (secondary N) is 1. The minimum atomic E-state index is -1.01. The largest absolute Gasteiger partial charge is 0.388 e. The van der Waals surface area contributed by atoms with Gasteiger partial charge in [0.05, 0.1) is 32.4 Å². The molecule has 190 valence electrons. The molecule has 0 spiro atoms. The molecule has 0 bridgehead atoms. The molecule has 0 aromatic heterocycles. The number of benzene rings is 2. The number of carbonyl (C=O) groups excluding carboxylic acids is 1. The second-order valence-electron chi connectivity index (χ2n) is 8.18. The normalized spacial score (nSPS) is 24.0. The van der Waals surface area contributed by atoms with E-state index in [4.69, 9.17) is 25.7 Å². The maximum Gasteiger partial charge on any atom is 0.222 e. The number of rotatable bonds is 12. The molecule has 0 radical (unpaired) electrons. The number of hydrogen-bond donors (Lipinski definition) is 4. The van der Waals surface area contributed by atoms with Gasteiger partial charge in [0.1, 0.15) is 23.7 Å². The summed E-state index contributed by atoms with van der Waals surface area (Å²) < 4.78 is 18.2. The maximum atomic E-state index is 12.6. The maximum absolute atomic E-state index is 12.6.